The van der Waals surface area contributed by atoms with Gasteiger partial charge in [-0.1, -0.05) is 31.9 Å². The molecule has 6 heteroatoms. The average molecular weight is 407 g/mol. The number of aromatic nitrogens is 3. The molecule has 5 rings (SSSR count). The molecule has 0 fully saturated rings. The van der Waals surface area contributed by atoms with Gasteiger partial charge in [-0.15, -0.1) is 0 Å². The topological polar surface area (TPSA) is 63.0 Å². The molecule has 0 radical (unpaired) electrons. The Morgan fingerprint density at radius 2 is 2.17 bits per heavy atom. The molecular formula is C24H27FN4O. The van der Waals surface area contributed by atoms with Crippen molar-refractivity contribution >= 4 is 28.2 Å². The van der Waals surface area contributed by atoms with Crippen molar-refractivity contribution in [2.45, 2.75) is 52.9 Å². The SMILES string of the molecule is C[C@H]1CC2=C(C[C@@H]1/C=N\n1cnc3c([nH]c4ccc(F)cc43)c1=O)C(C)(C)CCC2. The van der Waals surface area contributed by atoms with Gasteiger partial charge in [0.05, 0.1) is 0 Å². The summed E-state index contributed by atoms with van der Waals surface area (Å²) in [7, 11) is 0. The van der Waals surface area contributed by atoms with Crippen LogP contribution in [0.4, 0.5) is 4.39 Å². The number of hydrogen-bond acceptors (Lipinski definition) is 3. The van der Waals surface area contributed by atoms with Crippen molar-refractivity contribution in [1.82, 2.24) is 14.6 Å². The Labute approximate surface area is 174 Å². The van der Waals surface area contributed by atoms with E-state index in [1.807, 2.05) is 6.21 Å². The largest absolute Gasteiger partial charge is 0.349 e. The van der Waals surface area contributed by atoms with Crippen molar-refractivity contribution in [3.05, 3.63) is 51.8 Å². The lowest BCUT2D eigenvalue weighted by Gasteiger charge is -2.42. The molecule has 2 atom stereocenters. The lowest BCUT2D eigenvalue weighted by atomic mass is 9.63. The number of hydrogen-bond donors (Lipinski definition) is 1. The van der Waals surface area contributed by atoms with Crippen LogP contribution in [0.25, 0.3) is 21.9 Å². The quantitative estimate of drug-likeness (QED) is 0.457. The highest BCUT2D eigenvalue weighted by molar-refractivity contribution is 6.04. The second kappa shape index (κ2) is 6.89. The van der Waals surface area contributed by atoms with E-state index in [0.717, 1.165) is 12.8 Å². The molecule has 0 saturated carbocycles. The first-order valence-corrected chi connectivity index (χ1v) is 10.8. The zero-order valence-electron chi connectivity index (χ0n) is 17.7. The fourth-order valence-electron chi connectivity index (χ4n) is 5.30. The van der Waals surface area contributed by atoms with Crippen LogP contribution in [-0.4, -0.2) is 20.9 Å². The van der Waals surface area contributed by atoms with Gasteiger partial charge < -0.3 is 4.98 Å². The summed E-state index contributed by atoms with van der Waals surface area (Å²) < 4.78 is 14.9. The van der Waals surface area contributed by atoms with Crippen molar-refractivity contribution in [3.63, 3.8) is 0 Å². The highest BCUT2D eigenvalue weighted by atomic mass is 19.1. The first-order valence-electron chi connectivity index (χ1n) is 10.8. The number of halogens is 1. The van der Waals surface area contributed by atoms with Crippen LogP contribution < -0.4 is 5.56 Å². The molecule has 3 aromatic rings. The summed E-state index contributed by atoms with van der Waals surface area (Å²) in [6.45, 7) is 6.98. The molecule has 2 aliphatic carbocycles. The van der Waals surface area contributed by atoms with Crippen LogP contribution in [-0.2, 0) is 0 Å². The molecule has 2 aliphatic rings. The van der Waals surface area contributed by atoms with Gasteiger partial charge in [0.25, 0.3) is 5.56 Å². The van der Waals surface area contributed by atoms with Gasteiger partial charge in [0.2, 0.25) is 0 Å². The second-order valence-electron chi connectivity index (χ2n) is 9.57. The summed E-state index contributed by atoms with van der Waals surface area (Å²) in [6, 6.07) is 4.39. The molecule has 0 saturated heterocycles. The Balaban J connectivity index is 1.48. The molecule has 0 amide bonds. The molecule has 0 bridgehead atoms. The normalized spacial score (nSPS) is 24.1. The zero-order chi connectivity index (χ0) is 21.0. The van der Waals surface area contributed by atoms with Gasteiger partial charge in [0.15, 0.2) is 0 Å². The summed E-state index contributed by atoms with van der Waals surface area (Å²) in [5, 5.41) is 5.11. The summed E-state index contributed by atoms with van der Waals surface area (Å²) >= 11 is 0. The first kappa shape index (κ1) is 19.2. The van der Waals surface area contributed by atoms with Gasteiger partial charge >= 0.3 is 0 Å². The van der Waals surface area contributed by atoms with Crippen LogP contribution in [0.15, 0.2) is 45.6 Å². The van der Waals surface area contributed by atoms with E-state index in [4.69, 9.17) is 0 Å². The Morgan fingerprint density at radius 1 is 1.33 bits per heavy atom. The number of benzene rings is 1. The number of fused-ring (bicyclic) bond motifs is 3. The number of nitrogens with one attached hydrogen (secondary N) is 1. The van der Waals surface area contributed by atoms with E-state index >= 15 is 0 Å². The molecule has 1 aromatic carbocycles. The van der Waals surface area contributed by atoms with Gasteiger partial charge in [-0.3, -0.25) is 4.79 Å². The van der Waals surface area contributed by atoms with Crippen molar-refractivity contribution in [2.24, 2.45) is 22.4 Å². The third-order valence-corrected chi connectivity index (χ3v) is 7.10. The van der Waals surface area contributed by atoms with E-state index in [1.165, 1.54) is 42.4 Å². The van der Waals surface area contributed by atoms with Crippen LogP contribution in [0.3, 0.4) is 0 Å². The van der Waals surface area contributed by atoms with Crippen LogP contribution in [0.1, 0.15) is 52.9 Å². The van der Waals surface area contributed by atoms with Crippen molar-refractivity contribution in [1.29, 1.82) is 0 Å². The minimum absolute atomic E-state index is 0.261. The van der Waals surface area contributed by atoms with Gasteiger partial charge in [0.1, 0.15) is 23.2 Å². The Bertz CT molecular complexity index is 1260. The zero-order valence-corrected chi connectivity index (χ0v) is 17.7. The number of H-pyrrole nitrogens is 1. The molecule has 30 heavy (non-hydrogen) atoms. The van der Waals surface area contributed by atoms with Crippen LogP contribution in [0.5, 0.6) is 0 Å². The summed E-state index contributed by atoms with van der Waals surface area (Å²) in [4.78, 5) is 20.4. The molecule has 5 nitrogen and oxygen atoms in total. The van der Waals surface area contributed by atoms with Crippen molar-refractivity contribution in [3.8, 4) is 0 Å². The molecule has 156 valence electrons. The molecular weight excluding hydrogens is 379 g/mol. The third kappa shape index (κ3) is 3.09. The van der Waals surface area contributed by atoms with Crippen molar-refractivity contribution < 1.29 is 4.39 Å². The monoisotopic (exact) mass is 406 g/mol. The molecule has 0 unspecified atom stereocenters. The first-order chi connectivity index (χ1) is 14.3. The molecule has 0 spiro atoms. The van der Waals surface area contributed by atoms with E-state index in [2.05, 4.69) is 35.8 Å². The highest BCUT2D eigenvalue weighted by Crippen LogP contribution is 2.48. The number of nitrogens with zero attached hydrogens (tertiary/aromatic N) is 3. The Hall–Kier alpha value is -2.76. The predicted molar refractivity (Wildman–Crippen MR) is 118 cm³/mol. The van der Waals surface area contributed by atoms with Crippen LogP contribution in [0, 0.1) is 23.1 Å². The summed E-state index contributed by atoms with van der Waals surface area (Å²) in [5.41, 5.74) is 4.76. The average Bonchev–Trinajstić information content (AvgIpc) is 3.06. The summed E-state index contributed by atoms with van der Waals surface area (Å²) in [5.74, 6) is 0.461. The number of aromatic amines is 1. The second-order valence-corrected chi connectivity index (χ2v) is 9.57. The van der Waals surface area contributed by atoms with Gasteiger partial charge in [-0.2, -0.15) is 9.78 Å². The van der Waals surface area contributed by atoms with Crippen LogP contribution >= 0.6 is 0 Å². The highest BCUT2D eigenvalue weighted by Gasteiger charge is 2.36. The maximum atomic E-state index is 13.6. The lowest BCUT2D eigenvalue weighted by Crippen LogP contribution is -2.30. The van der Waals surface area contributed by atoms with E-state index in [-0.39, 0.29) is 16.8 Å². The molecule has 2 heterocycles. The minimum atomic E-state index is -0.349. The maximum Gasteiger partial charge on any atom is 0.298 e. The van der Waals surface area contributed by atoms with Gasteiger partial charge in [-0.05, 0) is 61.6 Å². The smallest absolute Gasteiger partial charge is 0.298 e. The van der Waals surface area contributed by atoms with E-state index < -0.39 is 0 Å². The number of rotatable bonds is 2. The van der Waals surface area contributed by atoms with Crippen LogP contribution in [0.2, 0.25) is 0 Å². The Kier molecular flexibility index (Phi) is 4.42. The lowest BCUT2D eigenvalue weighted by molar-refractivity contribution is 0.295. The van der Waals surface area contributed by atoms with E-state index in [9.17, 15) is 9.18 Å². The summed E-state index contributed by atoms with van der Waals surface area (Å²) in [6.07, 6.45) is 9.25. The molecule has 0 aliphatic heterocycles. The van der Waals surface area contributed by atoms with Gasteiger partial charge in [-0.25, -0.2) is 9.37 Å². The fourth-order valence-corrected chi connectivity index (χ4v) is 5.30. The fraction of sp³-hybridized carbons (Fsp3) is 0.458. The standard InChI is InChI=1S/C24H27FN4O/c1-14-9-15-5-4-8-24(2,3)19(15)10-16(14)12-27-29-13-26-21-18-11-17(25)6-7-20(18)28-22(21)23(29)30/h6-7,11-14,16,28H,4-5,8-10H2,1-3H3/b27-12-/t14-,16+/m0/s1. The molecule has 1 N–H and O–H groups in total. The maximum absolute atomic E-state index is 13.6. The Morgan fingerprint density at radius 3 is 3.00 bits per heavy atom. The van der Waals surface area contributed by atoms with Crippen molar-refractivity contribution in [2.75, 3.05) is 0 Å². The number of allylic oxidation sites excluding steroid dienone is 2. The third-order valence-electron chi connectivity index (χ3n) is 7.10. The van der Waals surface area contributed by atoms with E-state index in [1.54, 1.807) is 17.2 Å². The van der Waals surface area contributed by atoms with Gasteiger partial charge in [0, 0.05) is 23.0 Å². The molecule has 2 aromatic heterocycles. The minimum Gasteiger partial charge on any atom is -0.349 e. The predicted octanol–water partition coefficient (Wildman–Crippen LogP) is 5.40. The van der Waals surface area contributed by atoms with E-state index in [0.29, 0.717) is 33.8 Å².